The highest BCUT2D eigenvalue weighted by molar-refractivity contribution is 6.04. The third-order valence-electron chi connectivity index (χ3n) is 5.72. The average molecular weight is 323 g/mol. The molecule has 25 heavy (non-hydrogen) atoms. The summed E-state index contributed by atoms with van der Waals surface area (Å²) in [5, 5.41) is 5.20. The number of likely N-dealkylation sites (N-methyl/N-ethyl adjacent to an activating group) is 1. The van der Waals surface area contributed by atoms with Crippen molar-refractivity contribution in [2.45, 2.75) is 12.6 Å². The zero-order valence-corrected chi connectivity index (χ0v) is 14.0. The van der Waals surface area contributed by atoms with Gasteiger partial charge in [0, 0.05) is 31.5 Å². The zero-order valence-electron chi connectivity index (χ0n) is 14.0. The lowest BCUT2D eigenvalue weighted by Crippen LogP contribution is -2.35. The van der Waals surface area contributed by atoms with Crippen LogP contribution in [-0.2, 0) is 6.42 Å². The summed E-state index contributed by atoms with van der Waals surface area (Å²) in [6, 6.07) is 20.0. The van der Waals surface area contributed by atoms with Crippen molar-refractivity contribution in [3.8, 4) is 0 Å². The Labute approximate surface area is 146 Å². The van der Waals surface area contributed by atoms with E-state index >= 15 is 0 Å². The molecule has 0 radical (unpaired) electrons. The summed E-state index contributed by atoms with van der Waals surface area (Å²) >= 11 is 0. The van der Waals surface area contributed by atoms with Gasteiger partial charge < -0.3 is 9.80 Å². The van der Waals surface area contributed by atoms with Gasteiger partial charge in [0.25, 0.3) is 0 Å². The summed E-state index contributed by atoms with van der Waals surface area (Å²) in [7, 11) is 2.20. The molecule has 0 aliphatic carbocycles. The quantitative estimate of drug-likeness (QED) is 0.431. The van der Waals surface area contributed by atoms with Crippen molar-refractivity contribution >= 4 is 38.6 Å². The molecule has 2 aliphatic heterocycles. The normalized spacial score (nSPS) is 17.9. The van der Waals surface area contributed by atoms with Gasteiger partial charge in [-0.15, -0.1) is 0 Å². The average Bonchev–Trinajstić information content (AvgIpc) is 3.15. The summed E-state index contributed by atoms with van der Waals surface area (Å²) in [5.74, 6) is 0. The van der Waals surface area contributed by atoms with Gasteiger partial charge in [-0.1, -0.05) is 24.3 Å². The lowest BCUT2D eigenvalue weighted by molar-refractivity contribution is 0.703. The Balaban J connectivity index is 1.63. The minimum absolute atomic E-state index is 0.362. The number of anilines is 3. The summed E-state index contributed by atoms with van der Waals surface area (Å²) in [4.78, 5) is 9.18. The molecule has 3 nitrogen and oxygen atoms in total. The first kappa shape index (κ1) is 13.2. The Morgan fingerprint density at radius 1 is 0.840 bits per heavy atom. The molecule has 6 rings (SSSR count). The minimum Gasteiger partial charge on any atom is -0.352 e. The van der Waals surface area contributed by atoms with Crippen LogP contribution < -0.4 is 9.80 Å². The van der Waals surface area contributed by atoms with Gasteiger partial charge >= 0.3 is 0 Å². The Kier molecular flexibility index (Phi) is 2.39. The van der Waals surface area contributed by atoms with E-state index in [0.29, 0.717) is 6.17 Å². The Bertz CT molecular complexity index is 1160. The van der Waals surface area contributed by atoms with E-state index in [-0.39, 0.29) is 0 Å². The van der Waals surface area contributed by atoms with E-state index in [1.165, 1.54) is 44.2 Å². The molecule has 0 saturated carbocycles. The van der Waals surface area contributed by atoms with Crippen molar-refractivity contribution in [2.24, 2.45) is 0 Å². The van der Waals surface area contributed by atoms with E-state index in [0.717, 1.165) is 6.42 Å². The van der Waals surface area contributed by atoms with Crippen LogP contribution in [0.5, 0.6) is 0 Å². The molecule has 0 bridgehead atoms. The van der Waals surface area contributed by atoms with Crippen LogP contribution in [0.1, 0.15) is 5.56 Å². The third-order valence-corrected chi connectivity index (χ3v) is 5.72. The highest BCUT2D eigenvalue weighted by Crippen LogP contribution is 2.50. The third kappa shape index (κ3) is 1.67. The second kappa shape index (κ2) is 4.51. The molecule has 2 aliphatic rings. The second-order valence-electron chi connectivity index (χ2n) is 7.06. The molecule has 1 unspecified atom stereocenters. The highest BCUT2D eigenvalue weighted by atomic mass is 15.4. The maximum absolute atomic E-state index is 4.30. The number of hydrogen-bond acceptors (Lipinski definition) is 3. The van der Waals surface area contributed by atoms with E-state index in [9.17, 15) is 0 Å². The van der Waals surface area contributed by atoms with Crippen molar-refractivity contribution in [1.82, 2.24) is 4.98 Å². The molecule has 4 aromatic rings. The number of hydrogen-bond donors (Lipinski definition) is 0. The molecule has 0 fully saturated rings. The molecule has 0 saturated heterocycles. The van der Waals surface area contributed by atoms with Gasteiger partial charge in [0.05, 0.1) is 11.4 Å². The first-order valence-electron chi connectivity index (χ1n) is 8.71. The van der Waals surface area contributed by atoms with Gasteiger partial charge in [-0.2, -0.15) is 0 Å². The number of nitrogens with zero attached hydrogens (tertiary/aromatic N) is 3. The second-order valence-corrected chi connectivity index (χ2v) is 7.06. The van der Waals surface area contributed by atoms with E-state index in [2.05, 4.69) is 76.4 Å². The van der Waals surface area contributed by atoms with Gasteiger partial charge in [-0.05, 0) is 57.4 Å². The Morgan fingerprint density at radius 2 is 1.56 bits per heavy atom. The topological polar surface area (TPSA) is 19.4 Å². The van der Waals surface area contributed by atoms with Crippen LogP contribution in [0, 0.1) is 0 Å². The number of aromatic nitrogens is 1. The van der Waals surface area contributed by atoms with Gasteiger partial charge in [0.2, 0.25) is 0 Å². The molecular formula is C22H17N3. The number of pyridine rings is 1. The molecule has 0 amide bonds. The molecule has 0 N–H and O–H groups in total. The van der Waals surface area contributed by atoms with Crippen molar-refractivity contribution < 1.29 is 0 Å². The highest BCUT2D eigenvalue weighted by Gasteiger charge is 2.40. The lowest BCUT2D eigenvalue weighted by atomic mass is 10.0. The standard InChI is InChI=1S/C22H17N3/c1-24-20-10-16-8-14-4-2-3-5-15(14)9-17(16)11-21(20)25-19-6-7-23-13-18(19)12-22(24)25/h2-11,13,22H,12H2,1H3. The number of rotatable bonds is 0. The number of fused-ring (bicyclic) bond motifs is 7. The molecule has 1 aromatic heterocycles. The predicted octanol–water partition coefficient (Wildman–Crippen LogP) is 4.86. The molecule has 3 heteroatoms. The summed E-state index contributed by atoms with van der Waals surface area (Å²) < 4.78 is 0. The Morgan fingerprint density at radius 3 is 2.32 bits per heavy atom. The maximum atomic E-state index is 4.30. The van der Waals surface area contributed by atoms with Crippen LogP contribution in [0.4, 0.5) is 17.1 Å². The van der Waals surface area contributed by atoms with Crippen molar-refractivity contribution in [3.63, 3.8) is 0 Å². The van der Waals surface area contributed by atoms with E-state index < -0.39 is 0 Å². The van der Waals surface area contributed by atoms with Crippen LogP contribution in [0.3, 0.4) is 0 Å². The fourth-order valence-corrected chi connectivity index (χ4v) is 4.47. The monoisotopic (exact) mass is 323 g/mol. The first-order chi connectivity index (χ1) is 12.3. The number of benzene rings is 3. The van der Waals surface area contributed by atoms with Crippen LogP contribution in [0.25, 0.3) is 21.5 Å². The SMILES string of the molecule is CN1c2cc3cc4ccccc4cc3cc2N2c3ccncc3CC12. The predicted molar refractivity (Wildman–Crippen MR) is 104 cm³/mol. The zero-order chi connectivity index (χ0) is 16.5. The van der Waals surface area contributed by atoms with Gasteiger partial charge in [0.15, 0.2) is 0 Å². The molecule has 3 heterocycles. The summed E-state index contributed by atoms with van der Waals surface area (Å²) in [6.07, 6.45) is 5.29. The fraction of sp³-hybridized carbons (Fsp3) is 0.136. The van der Waals surface area contributed by atoms with Crippen molar-refractivity contribution in [3.05, 3.63) is 72.6 Å². The lowest BCUT2D eigenvalue weighted by Gasteiger charge is -2.23. The molecule has 3 aromatic carbocycles. The summed E-state index contributed by atoms with van der Waals surface area (Å²) in [5.41, 5.74) is 5.25. The minimum atomic E-state index is 0.362. The van der Waals surface area contributed by atoms with Gasteiger partial charge in [0.1, 0.15) is 6.17 Å². The first-order valence-corrected chi connectivity index (χ1v) is 8.71. The van der Waals surface area contributed by atoms with Crippen molar-refractivity contribution in [1.29, 1.82) is 0 Å². The smallest absolute Gasteiger partial charge is 0.110 e. The Hall–Kier alpha value is -3.07. The van der Waals surface area contributed by atoms with Crippen LogP contribution in [0.15, 0.2) is 67.0 Å². The molecular weight excluding hydrogens is 306 g/mol. The van der Waals surface area contributed by atoms with Crippen LogP contribution >= 0.6 is 0 Å². The maximum Gasteiger partial charge on any atom is 0.110 e. The van der Waals surface area contributed by atoms with E-state index in [1.807, 2.05) is 12.4 Å². The van der Waals surface area contributed by atoms with Crippen LogP contribution in [-0.4, -0.2) is 18.2 Å². The van der Waals surface area contributed by atoms with Gasteiger partial charge in [-0.25, -0.2) is 0 Å². The van der Waals surface area contributed by atoms with Crippen LogP contribution in [0.2, 0.25) is 0 Å². The van der Waals surface area contributed by atoms with E-state index in [1.54, 1.807) is 0 Å². The van der Waals surface area contributed by atoms with E-state index in [4.69, 9.17) is 0 Å². The fourth-order valence-electron chi connectivity index (χ4n) is 4.47. The molecule has 120 valence electrons. The largest absolute Gasteiger partial charge is 0.352 e. The van der Waals surface area contributed by atoms with Gasteiger partial charge in [-0.3, -0.25) is 4.98 Å². The summed E-state index contributed by atoms with van der Waals surface area (Å²) in [6.45, 7) is 0. The molecule has 0 spiro atoms. The van der Waals surface area contributed by atoms with Crippen molar-refractivity contribution in [2.75, 3.05) is 16.8 Å². The molecule has 1 atom stereocenters.